The Morgan fingerprint density at radius 2 is 1.61 bits per heavy atom. The van der Waals surface area contributed by atoms with Gasteiger partial charge in [-0.05, 0) is 68.8 Å². The molecule has 2 aromatic carbocycles. The van der Waals surface area contributed by atoms with E-state index in [2.05, 4.69) is 16.0 Å². The van der Waals surface area contributed by atoms with E-state index in [0.29, 0.717) is 25.3 Å². The van der Waals surface area contributed by atoms with Crippen molar-refractivity contribution in [2.24, 2.45) is 0 Å². The number of rotatable bonds is 12. The summed E-state index contributed by atoms with van der Waals surface area (Å²) < 4.78 is 5.43. The molecule has 0 heterocycles. The van der Waals surface area contributed by atoms with Gasteiger partial charge in [0.05, 0.1) is 30.8 Å². The highest BCUT2D eigenvalue weighted by Crippen LogP contribution is 2.18. The van der Waals surface area contributed by atoms with Crippen LogP contribution in [0, 0.1) is 5.41 Å². The number of ether oxygens (including phenoxy) is 1. The van der Waals surface area contributed by atoms with Crippen LogP contribution in [0.4, 0.5) is 21.9 Å². The van der Waals surface area contributed by atoms with Crippen molar-refractivity contribution in [2.75, 3.05) is 35.2 Å². The lowest BCUT2D eigenvalue weighted by molar-refractivity contribution is 0.145. The number of benzene rings is 2. The zero-order chi connectivity index (χ0) is 22.6. The van der Waals surface area contributed by atoms with Gasteiger partial charge in [-0.25, -0.2) is 4.79 Å². The molecule has 0 saturated heterocycles. The standard InChI is InChI=1S/C23H33N5O3/c1-4-22(17(3)29)27-23(30)28(16-24)20-10-6-18(7-11-20)25-14-15-26-19-8-12-21(13-9-19)31-5-2/h6-13,16-17,22,24-26,29H,4-5,14-15H2,1-3H3,(H,27,30)/t17-,22-/m0/s1. The van der Waals surface area contributed by atoms with Gasteiger partial charge >= 0.3 is 6.03 Å². The molecule has 5 N–H and O–H groups in total. The molecule has 0 spiro atoms. The van der Waals surface area contributed by atoms with Crippen LogP contribution < -0.4 is 25.6 Å². The van der Waals surface area contributed by atoms with Crippen LogP contribution in [0.5, 0.6) is 5.75 Å². The van der Waals surface area contributed by atoms with Crippen molar-refractivity contribution in [2.45, 2.75) is 39.3 Å². The molecule has 0 bridgehead atoms. The molecule has 0 fully saturated rings. The SMILES string of the molecule is CCOc1ccc(NCCNc2ccc(N(C=N)C(=O)N[C@@H](CC)[C@H](C)O)cc2)cc1. The summed E-state index contributed by atoms with van der Waals surface area (Å²) >= 11 is 0. The van der Waals surface area contributed by atoms with E-state index in [1.54, 1.807) is 19.1 Å². The Labute approximate surface area is 184 Å². The fourth-order valence-electron chi connectivity index (χ4n) is 3.03. The van der Waals surface area contributed by atoms with Crippen molar-refractivity contribution in [3.05, 3.63) is 48.5 Å². The molecule has 2 atom stereocenters. The summed E-state index contributed by atoms with van der Waals surface area (Å²) in [6.45, 7) is 7.59. The molecule has 0 saturated carbocycles. The first-order valence-corrected chi connectivity index (χ1v) is 10.6. The monoisotopic (exact) mass is 427 g/mol. The quantitative estimate of drug-likeness (QED) is 0.201. The van der Waals surface area contributed by atoms with Crippen LogP contribution in [0.3, 0.4) is 0 Å². The van der Waals surface area contributed by atoms with Gasteiger partial charge in [0, 0.05) is 24.5 Å². The van der Waals surface area contributed by atoms with Gasteiger partial charge in [-0.15, -0.1) is 0 Å². The average Bonchev–Trinajstić information content (AvgIpc) is 2.77. The van der Waals surface area contributed by atoms with Gasteiger partial charge < -0.3 is 25.8 Å². The van der Waals surface area contributed by atoms with Gasteiger partial charge in [0.25, 0.3) is 0 Å². The van der Waals surface area contributed by atoms with Crippen molar-refractivity contribution in [3.8, 4) is 5.75 Å². The number of nitrogens with one attached hydrogen (secondary N) is 4. The second kappa shape index (κ2) is 12.4. The molecule has 2 aromatic rings. The average molecular weight is 428 g/mol. The van der Waals surface area contributed by atoms with Crippen LogP contribution in [-0.4, -0.2) is 49.3 Å². The summed E-state index contributed by atoms with van der Waals surface area (Å²) in [4.78, 5) is 13.7. The van der Waals surface area contributed by atoms with Gasteiger partial charge in [-0.3, -0.25) is 10.3 Å². The van der Waals surface area contributed by atoms with Crippen LogP contribution in [0.1, 0.15) is 27.2 Å². The third-order valence-electron chi connectivity index (χ3n) is 4.77. The van der Waals surface area contributed by atoms with Crippen LogP contribution in [0.2, 0.25) is 0 Å². The van der Waals surface area contributed by atoms with Crippen molar-refractivity contribution in [1.29, 1.82) is 5.41 Å². The second-order valence-electron chi connectivity index (χ2n) is 7.06. The molecule has 0 aliphatic carbocycles. The van der Waals surface area contributed by atoms with Crippen molar-refractivity contribution < 1.29 is 14.6 Å². The lowest BCUT2D eigenvalue weighted by Crippen LogP contribution is -2.48. The van der Waals surface area contributed by atoms with E-state index in [4.69, 9.17) is 10.1 Å². The van der Waals surface area contributed by atoms with Crippen LogP contribution in [0.15, 0.2) is 48.5 Å². The van der Waals surface area contributed by atoms with Gasteiger partial charge in [-0.1, -0.05) is 6.92 Å². The molecule has 31 heavy (non-hydrogen) atoms. The Morgan fingerprint density at radius 1 is 1.06 bits per heavy atom. The number of carbonyl (C=O) groups excluding carboxylic acids is 1. The van der Waals surface area contributed by atoms with E-state index in [0.717, 1.165) is 30.0 Å². The van der Waals surface area contributed by atoms with Crippen molar-refractivity contribution in [3.63, 3.8) is 0 Å². The molecule has 0 aromatic heterocycles. The number of anilines is 3. The summed E-state index contributed by atoms with van der Waals surface area (Å²) in [6.07, 6.45) is 0.903. The van der Waals surface area contributed by atoms with Crippen LogP contribution >= 0.6 is 0 Å². The van der Waals surface area contributed by atoms with Crippen LogP contribution in [-0.2, 0) is 0 Å². The van der Waals surface area contributed by atoms with E-state index >= 15 is 0 Å². The summed E-state index contributed by atoms with van der Waals surface area (Å²) in [7, 11) is 0. The van der Waals surface area contributed by atoms with Crippen molar-refractivity contribution >= 4 is 29.4 Å². The van der Waals surface area contributed by atoms with Gasteiger partial charge in [0.2, 0.25) is 0 Å². The summed E-state index contributed by atoms with van der Waals surface area (Å²) in [5, 5.41) is 26.7. The minimum absolute atomic E-state index is 0.362. The predicted molar refractivity (Wildman–Crippen MR) is 127 cm³/mol. The lowest BCUT2D eigenvalue weighted by atomic mass is 10.1. The molecule has 0 radical (unpaired) electrons. The van der Waals surface area contributed by atoms with E-state index in [9.17, 15) is 9.90 Å². The molecule has 0 unspecified atom stereocenters. The molecule has 168 valence electrons. The first-order valence-electron chi connectivity index (χ1n) is 10.6. The highest BCUT2D eigenvalue weighted by molar-refractivity contribution is 6.06. The molecule has 0 aliphatic rings. The van der Waals surface area contributed by atoms with Crippen molar-refractivity contribution in [1.82, 2.24) is 5.32 Å². The maximum atomic E-state index is 12.5. The summed E-state index contributed by atoms with van der Waals surface area (Å²) in [5.74, 6) is 0.856. The topological polar surface area (TPSA) is 110 Å². The minimum Gasteiger partial charge on any atom is -0.494 e. The summed E-state index contributed by atoms with van der Waals surface area (Å²) in [6, 6.07) is 14.3. The fraction of sp³-hybridized carbons (Fsp3) is 0.391. The number of urea groups is 1. The molecular weight excluding hydrogens is 394 g/mol. The molecule has 2 rings (SSSR count). The number of hydrogen-bond donors (Lipinski definition) is 5. The number of aliphatic hydroxyl groups is 1. The van der Waals surface area contributed by atoms with E-state index in [-0.39, 0.29) is 6.04 Å². The first-order chi connectivity index (χ1) is 15.0. The van der Waals surface area contributed by atoms with E-state index < -0.39 is 12.1 Å². The Balaban J connectivity index is 1.83. The maximum absolute atomic E-state index is 12.5. The smallest absolute Gasteiger partial charge is 0.327 e. The minimum atomic E-state index is -0.663. The van der Waals surface area contributed by atoms with Gasteiger partial charge in [-0.2, -0.15) is 0 Å². The normalized spacial score (nSPS) is 12.4. The zero-order valence-corrected chi connectivity index (χ0v) is 18.4. The lowest BCUT2D eigenvalue weighted by Gasteiger charge is -2.24. The maximum Gasteiger partial charge on any atom is 0.327 e. The number of aliphatic hydroxyl groups excluding tert-OH is 1. The zero-order valence-electron chi connectivity index (χ0n) is 18.4. The first kappa shape index (κ1) is 24.0. The van der Waals surface area contributed by atoms with Gasteiger partial charge in [0.15, 0.2) is 0 Å². The Morgan fingerprint density at radius 3 is 2.06 bits per heavy atom. The van der Waals surface area contributed by atoms with Gasteiger partial charge in [0.1, 0.15) is 5.75 Å². The molecule has 2 amide bonds. The molecule has 0 aliphatic heterocycles. The molecule has 8 nitrogen and oxygen atoms in total. The van der Waals surface area contributed by atoms with Crippen LogP contribution in [0.25, 0.3) is 0 Å². The second-order valence-corrected chi connectivity index (χ2v) is 7.06. The number of carbonyl (C=O) groups is 1. The van der Waals surface area contributed by atoms with E-state index in [1.807, 2.05) is 50.2 Å². The number of nitrogens with zero attached hydrogens (tertiary/aromatic N) is 1. The summed E-state index contributed by atoms with van der Waals surface area (Å²) in [5.41, 5.74) is 2.51. The molecule has 8 heteroatoms. The third kappa shape index (κ3) is 7.49. The Hall–Kier alpha value is -3.26. The predicted octanol–water partition coefficient (Wildman–Crippen LogP) is 3.89. The number of hydrogen-bond acceptors (Lipinski definition) is 6. The molecular formula is C23H33N5O3. The van der Waals surface area contributed by atoms with E-state index in [1.165, 1.54) is 4.90 Å². The number of amides is 2. The highest BCUT2D eigenvalue weighted by atomic mass is 16.5. The largest absolute Gasteiger partial charge is 0.494 e. The Kier molecular flexibility index (Phi) is 9.64. The third-order valence-corrected chi connectivity index (χ3v) is 4.77. The fourth-order valence-corrected chi connectivity index (χ4v) is 3.03. The Bertz CT molecular complexity index is 809. The highest BCUT2D eigenvalue weighted by Gasteiger charge is 2.20.